The minimum absolute atomic E-state index is 0.0223. The zero-order chi connectivity index (χ0) is 24.3. The molecule has 1 unspecified atom stereocenters. The molecule has 1 aromatic heterocycles. The Morgan fingerprint density at radius 1 is 1.12 bits per heavy atom. The number of benzene rings is 2. The molecule has 0 spiro atoms. The molecule has 0 bridgehead atoms. The summed E-state index contributed by atoms with van der Waals surface area (Å²) in [6.45, 7) is 0.642. The number of aromatic nitrogens is 1. The van der Waals surface area contributed by atoms with Gasteiger partial charge in [-0.05, 0) is 54.5 Å². The summed E-state index contributed by atoms with van der Waals surface area (Å²) in [7, 11) is -1.58. The second-order valence-corrected chi connectivity index (χ2v) is 12.2. The van der Waals surface area contributed by atoms with Gasteiger partial charge in [0.05, 0.1) is 34.9 Å². The first-order valence-corrected chi connectivity index (χ1v) is 14.2. The lowest BCUT2D eigenvalue weighted by Crippen LogP contribution is -2.43. The summed E-state index contributed by atoms with van der Waals surface area (Å²) < 4.78 is 31.3. The van der Waals surface area contributed by atoms with E-state index >= 15 is 0 Å². The van der Waals surface area contributed by atoms with Gasteiger partial charge in [0.15, 0.2) is 9.84 Å². The Labute approximate surface area is 216 Å². The molecule has 178 valence electrons. The van der Waals surface area contributed by atoms with Crippen molar-refractivity contribution in [3.8, 4) is 0 Å². The number of ether oxygens (including phenoxy) is 1. The van der Waals surface area contributed by atoms with Crippen LogP contribution in [-0.4, -0.2) is 62.0 Å². The summed E-state index contributed by atoms with van der Waals surface area (Å²) >= 11 is 6.93. The molecule has 9 heteroatoms. The fourth-order valence-corrected chi connectivity index (χ4v) is 6.41. The fraction of sp³-hybridized carbons (Fsp3) is 0.280. The molecule has 6 nitrogen and oxygen atoms in total. The van der Waals surface area contributed by atoms with Gasteiger partial charge in [0.1, 0.15) is 0 Å². The Morgan fingerprint density at radius 3 is 2.53 bits per heavy atom. The van der Waals surface area contributed by atoms with Crippen LogP contribution in [0.5, 0.6) is 0 Å². The van der Waals surface area contributed by atoms with E-state index in [1.165, 1.54) is 0 Å². The number of halogens is 2. The number of hydrogen-bond donors (Lipinski definition) is 0. The van der Waals surface area contributed by atoms with E-state index in [0.29, 0.717) is 41.7 Å². The molecule has 0 saturated carbocycles. The Kier molecular flexibility index (Phi) is 7.87. The molecule has 34 heavy (non-hydrogen) atoms. The Morgan fingerprint density at radius 2 is 1.85 bits per heavy atom. The maximum Gasteiger partial charge on any atom is 0.254 e. The van der Waals surface area contributed by atoms with Crippen molar-refractivity contribution < 1.29 is 17.9 Å². The topological polar surface area (TPSA) is 76.6 Å². The smallest absolute Gasteiger partial charge is 0.254 e. The number of methoxy groups -OCH3 is 1. The maximum atomic E-state index is 13.8. The van der Waals surface area contributed by atoms with Crippen LogP contribution in [0.25, 0.3) is 23.1 Å². The molecule has 1 atom stereocenters. The summed E-state index contributed by atoms with van der Waals surface area (Å²) in [6, 6.07) is 14.9. The lowest BCUT2D eigenvalue weighted by molar-refractivity contribution is 0.0626. The molecule has 0 radical (unpaired) electrons. The molecule has 4 rings (SSSR count). The van der Waals surface area contributed by atoms with Crippen LogP contribution in [0.3, 0.4) is 0 Å². The number of hydrogen-bond acceptors (Lipinski definition) is 5. The van der Waals surface area contributed by atoms with Crippen molar-refractivity contribution in [3.63, 3.8) is 0 Å². The highest BCUT2D eigenvalue weighted by atomic mass is 79.9. The first kappa shape index (κ1) is 25.0. The average Bonchev–Trinajstić information content (AvgIpc) is 3.17. The number of carbonyl (C=O) groups excluding carboxylic acids is 1. The van der Waals surface area contributed by atoms with Crippen molar-refractivity contribution in [2.75, 3.05) is 31.8 Å². The zero-order valence-corrected chi connectivity index (χ0v) is 22.6. The molecule has 1 saturated heterocycles. The molecule has 1 aliphatic heterocycles. The van der Waals surface area contributed by atoms with Gasteiger partial charge in [0, 0.05) is 34.0 Å². The van der Waals surface area contributed by atoms with Crippen molar-refractivity contribution in [2.45, 2.75) is 12.5 Å². The lowest BCUT2D eigenvalue weighted by atomic mass is 10.0. The number of nitrogens with zero attached hydrogens (tertiary/aromatic N) is 2. The van der Waals surface area contributed by atoms with Crippen LogP contribution in [-0.2, 0) is 14.6 Å². The minimum Gasteiger partial charge on any atom is -0.383 e. The standard InChI is InChI=1S/C25H24Br2N2O4S/c1-33-12-11-29(21-10-13-34(31,32)16-21)25(30)23-15-20(8-4-17-2-5-18(26)6-3-17)28-24-9-7-19(27)14-22(23)24/h2-9,14-15,21H,10-13,16H2,1H3/b8-4+. The van der Waals surface area contributed by atoms with E-state index in [2.05, 4.69) is 31.9 Å². The molecule has 1 fully saturated rings. The molecule has 2 aromatic carbocycles. The van der Waals surface area contributed by atoms with E-state index in [1.807, 2.05) is 54.6 Å². The molecule has 3 aromatic rings. The summed E-state index contributed by atoms with van der Waals surface area (Å²) in [4.78, 5) is 20.2. The monoisotopic (exact) mass is 606 g/mol. The van der Waals surface area contributed by atoms with Gasteiger partial charge in [-0.3, -0.25) is 4.79 Å². The van der Waals surface area contributed by atoms with Crippen molar-refractivity contribution in [2.24, 2.45) is 0 Å². The van der Waals surface area contributed by atoms with Gasteiger partial charge in [-0.1, -0.05) is 50.1 Å². The molecule has 1 aliphatic rings. The first-order valence-electron chi connectivity index (χ1n) is 10.8. The summed E-state index contributed by atoms with van der Waals surface area (Å²) in [6.07, 6.45) is 4.25. The molecule has 1 amide bonds. The molecular formula is C25H24Br2N2O4S. The van der Waals surface area contributed by atoms with E-state index in [0.717, 1.165) is 14.5 Å². The Balaban J connectivity index is 1.75. The van der Waals surface area contributed by atoms with Gasteiger partial charge in [0.25, 0.3) is 5.91 Å². The van der Waals surface area contributed by atoms with Gasteiger partial charge in [-0.25, -0.2) is 13.4 Å². The highest BCUT2D eigenvalue weighted by Gasteiger charge is 2.35. The van der Waals surface area contributed by atoms with Gasteiger partial charge >= 0.3 is 0 Å². The highest BCUT2D eigenvalue weighted by Crippen LogP contribution is 2.27. The van der Waals surface area contributed by atoms with Crippen LogP contribution in [0.2, 0.25) is 0 Å². The Hall–Kier alpha value is -2.07. The third-order valence-corrected chi connectivity index (χ3v) is 8.56. The first-order chi connectivity index (χ1) is 16.3. The van der Waals surface area contributed by atoms with Crippen molar-refractivity contribution in [3.05, 3.63) is 74.3 Å². The predicted molar refractivity (Wildman–Crippen MR) is 142 cm³/mol. The number of fused-ring (bicyclic) bond motifs is 1. The van der Waals surface area contributed by atoms with Crippen LogP contribution in [0.1, 0.15) is 28.0 Å². The van der Waals surface area contributed by atoms with E-state index in [9.17, 15) is 13.2 Å². The molecular weight excluding hydrogens is 584 g/mol. The largest absolute Gasteiger partial charge is 0.383 e. The number of amides is 1. The summed E-state index contributed by atoms with van der Waals surface area (Å²) in [5.41, 5.74) is 2.83. The zero-order valence-electron chi connectivity index (χ0n) is 18.6. The van der Waals surface area contributed by atoms with Crippen molar-refractivity contribution in [1.82, 2.24) is 9.88 Å². The molecule has 2 heterocycles. The third-order valence-electron chi connectivity index (χ3n) is 5.78. The average molecular weight is 608 g/mol. The van der Waals surface area contributed by atoms with E-state index in [4.69, 9.17) is 9.72 Å². The lowest BCUT2D eigenvalue weighted by Gasteiger charge is -2.28. The summed E-state index contributed by atoms with van der Waals surface area (Å²) in [5, 5.41) is 0.712. The quantitative estimate of drug-likeness (QED) is 0.369. The molecule has 0 N–H and O–H groups in total. The van der Waals surface area contributed by atoms with Crippen LogP contribution in [0, 0.1) is 0 Å². The fourth-order valence-electron chi connectivity index (χ4n) is 4.05. The highest BCUT2D eigenvalue weighted by molar-refractivity contribution is 9.10. The van der Waals surface area contributed by atoms with E-state index in [1.54, 1.807) is 18.1 Å². The minimum atomic E-state index is -3.15. The number of pyridine rings is 1. The van der Waals surface area contributed by atoms with Crippen LogP contribution in [0.4, 0.5) is 0 Å². The maximum absolute atomic E-state index is 13.8. The molecule has 0 aliphatic carbocycles. The predicted octanol–water partition coefficient (Wildman–Crippen LogP) is 5.21. The van der Waals surface area contributed by atoms with Crippen molar-refractivity contribution >= 4 is 70.7 Å². The van der Waals surface area contributed by atoms with E-state index in [-0.39, 0.29) is 23.5 Å². The summed E-state index contributed by atoms with van der Waals surface area (Å²) in [5.74, 6) is -0.146. The van der Waals surface area contributed by atoms with Gasteiger partial charge in [-0.15, -0.1) is 0 Å². The normalized spacial score (nSPS) is 17.4. The van der Waals surface area contributed by atoms with Gasteiger partial charge in [0.2, 0.25) is 0 Å². The Bertz CT molecular complexity index is 1340. The second kappa shape index (κ2) is 10.7. The SMILES string of the molecule is COCCN(C(=O)c1cc(/C=C/c2ccc(Br)cc2)nc2ccc(Br)cc12)C1CCS(=O)(=O)C1. The number of rotatable bonds is 7. The number of carbonyl (C=O) groups is 1. The van der Waals surface area contributed by atoms with Crippen molar-refractivity contribution in [1.29, 1.82) is 0 Å². The van der Waals surface area contributed by atoms with E-state index < -0.39 is 9.84 Å². The van der Waals surface area contributed by atoms with Gasteiger partial charge < -0.3 is 9.64 Å². The second-order valence-electron chi connectivity index (χ2n) is 8.19. The van der Waals surface area contributed by atoms with Crippen LogP contribution >= 0.6 is 31.9 Å². The van der Waals surface area contributed by atoms with Gasteiger partial charge in [-0.2, -0.15) is 0 Å². The number of sulfone groups is 1. The van der Waals surface area contributed by atoms with Crippen LogP contribution < -0.4 is 0 Å². The third kappa shape index (κ3) is 5.94. The van der Waals surface area contributed by atoms with Crippen LogP contribution in [0.15, 0.2) is 57.5 Å².